The van der Waals surface area contributed by atoms with Gasteiger partial charge in [0.1, 0.15) is 0 Å². The lowest BCUT2D eigenvalue weighted by atomic mass is 10.1. The highest BCUT2D eigenvalue weighted by Crippen LogP contribution is 2.30. The van der Waals surface area contributed by atoms with Gasteiger partial charge in [0, 0.05) is 11.7 Å². The molecular formula is C11H16N2O. The monoisotopic (exact) mass is 192 g/mol. The normalized spacial score (nSPS) is 30.5. The molecule has 76 valence electrons. The third-order valence-electron chi connectivity index (χ3n) is 2.45. The summed E-state index contributed by atoms with van der Waals surface area (Å²) in [5, 5.41) is 3.44. The van der Waals surface area contributed by atoms with Gasteiger partial charge < -0.3 is 4.74 Å². The Bertz CT molecular complexity index is 323. The molecule has 0 aliphatic carbocycles. The van der Waals surface area contributed by atoms with E-state index in [2.05, 4.69) is 24.1 Å². The van der Waals surface area contributed by atoms with E-state index in [1.807, 2.05) is 25.1 Å². The number of hydrogen-bond donors (Lipinski definition) is 1. The second-order valence-corrected chi connectivity index (χ2v) is 4.55. The molecule has 1 saturated heterocycles. The number of ether oxygens (including phenoxy) is 1. The largest absolute Gasteiger partial charge is 0.353 e. The van der Waals surface area contributed by atoms with E-state index in [1.54, 1.807) is 6.20 Å². The molecule has 3 nitrogen and oxygen atoms in total. The summed E-state index contributed by atoms with van der Waals surface area (Å²) >= 11 is 0. The van der Waals surface area contributed by atoms with Gasteiger partial charge in [-0.05, 0) is 32.9 Å². The van der Waals surface area contributed by atoms with E-state index in [1.165, 1.54) is 0 Å². The molecule has 3 heteroatoms. The summed E-state index contributed by atoms with van der Waals surface area (Å²) in [6.45, 7) is 6.98. The molecule has 0 saturated carbocycles. The average Bonchev–Trinajstić information content (AvgIpc) is 2.44. The molecule has 0 radical (unpaired) electrons. The number of rotatable bonds is 1. The Morgan fingerprint density at radius 1 is 1.36 bits per heavy atom. The topological polar surface area (TPSA) is 34.1 Å². The third-order valence-corrected chi connectivity index (χ3v) is 2.45. The van der Waals surface area contributed by atoms with Gasteiger partial charge in [0.05, 0.1) is 12.3 Å². The Morgan fingerprint density at radius 2 is 2.14 bits per heavy atom. The number of nitrogens with zero attached hydrogens (tertiary/aromatic N) is 1. The molecule has 0 aromatic carbocycles. The zero-order chi connectivity index (χ0) is 10.2. The van der Waals surface area contributed by atoms with Crippen molar-refractivity contribution in [2.45, 2.75) is 32.0 Å². The fraction of sp³-hybridized carbons (Fsp3) is 0.545. The van der Waals surface area contributed by atoms with Gasteiger partial charge in [0.2, 0.25) is 0 Å². The fourth-order valence-electron chi connectivity index (χ4n) is 1.83. The second-order valence-electron chi connectivity index (χ2n) is 4.55. The van der Waals surface area contributed by atoms with E-state index in [0.717, 1.165) is 5.69 Å². The van der Waals surface area contributed by atoms with Crippen LogP contribution >= 0.6 is 0 Å². The maximum atomic E-state index is 5.77. The SMILES string of the molecule is CC1(C)COC(C)(c2ccccn2)N1. The molecule has 1 aliphatic heterocycles. The van der Waals surface area contributed by atoms with Gasteiger partial charge in [-0.25, -0.2) is 0 Å². The van der Waals surface area contributed by atoms with Crippen LogP contribution in [0, 0.1) is 0 Å². The maximum Gasteiger partial charge on any atom is 0.159 e. The van der Waals surface area contributed by atoms with Crippen molar-refractivity contribution in [3.05, 3.63) is 30.1 Å². The fourth-order valence-corrected chi connectivity index (χ4v) is 1.83. The average molecular weight is 192 g/mol. The Kier molecular flexibility index (Phi) is 2.09. The predicted octanol–water partition coefficient (Wildman–Crippen LogP) is 1.65. The van der Waals surface area contributed by atoms with Crippen LogP contribution in [-0.2, 0) is 10.5 Å². The summed E-state index contributed by atoms with van der Waals surface area (Å²) in [5.41, 5.74) is 0.516. The molecule has 1 atom stereocenters. The van der Waals surface area contributed by atoms with Gasteiger partial charge in [0.15, 0.2) is 5.72 Å². The van der Waals surface area contributed by atoms with E-state index >= 15 is 0 Å². The quantitative estimate of drug-likeness (QED) is 0.734. The van der Waals surface area contributed by atoms with E-state index in [-0.39, 0.29) is 5.54 Å². The third kappa shape index (κ3) is 1.65. The Labute approximate surface area is 84.5 Å². The molecule has 0 amide bonds. The first-order valence-electron chi connectivity index (χ1n) is 4.87. The van der Waals surface area contributed by atoms with Crippen LogP contribution in [0.1, 0.15) is 26.5 Å². The first kappa shape index (κ1) is 9.62. The summed E-state index contributed by atoms with van der Waals surface area (Å²) in [4.78, 5) is 4.31. The molecule has 0 spiro atoms. The van der Waals surface area contributed by atoms with Crippen molar-refractivity contribution in [3.63, 3.8) is 0 Å². The zero-order valence-electron chi connectivity index (χ0n) is 8.87. The minimum absolute atomic E-state index is 0.0201. The minimum atomic E-state index is -0.440. The highest BCUT2D eigenvalue weighted by molar-refractivity contribution is 5.14. The second kappa shape index (κ2) is 3.04. The van der Waals surface area contributed by atoms with Crippen molar-refractivity contribution in [1.82, 2.24) is 10.3 Å². The number of pyridine rings is 1. The zero-order valence-corrected chi connectivity index (χ0v) is 8.87. The summed E-state index contributed by atoms with van der Waals surface area (Å²) < 4.78 is 5.77. The lowest BCUT2D eigenvalue weighted by Gasteiger charge is -2.25. The number of nitrogens with one attached hydrogen (secondary N) is 1. The molecule has 14 heavy (non-hydrogen) atoms. The number of aromatic nitrogens is 1. The maximum absolute atomic E-state index is 5.77. The molecule has 2 heterocycles. The summed E-state index contributed by atoms with van der Waals surface area (Å²) in [6, 6.07) is 5.87. The number of hydrogen-bond acceptors (Lipinski definition) is 3. The molecule has 0 bridgehead atoms. The molecule has 1 fully saturated rings. The lowest BCUT2D eigenvalue weighted by Crippen LogP contribution is -2.44. The summed E-state index contributed by atoms with van der Waals surface area (Å²) in [6.07, 6.45) is 1.79. The van der Waals surface area contributed by atoms with Crippen LogP contribution in [-0.4, -0.2) is 17.1 Å². The van der Waals surface area contributed by atoms with Gasteiger partial charge in [0.25, 0.3) is 0 Å². The van der Waals surface area contributed by atoms with Crippen molar-refractivity contribution in [2.24, 2.45) is 0 Å². The standard InChI is InChI=1S/C11H16N2O/c1-10(2)8-14-11(3,13-10)9-6-4-5-7-12-9/h4-7,13H,8H2,1-3H3. The molecule has 1 aromatic rings. The van der Waals surface area contributed by atoms with E-state index in [4.69, 9.17) is 4.74 Å². The van der Waals surface area contributed by atoms with Gasteiger partial charge in [-0.2, -0.15) is 0 Å². The van der Waals surface area contributed by atoms with Gasteiger partial charge in [-0.15, -0.1) is 0 Å². The van der Waals surface area contributed by atoms with Crippen molar-refractivity contribution < 1.29 is 4.74 Å². The van der Waals surface area contributed by atoms with Crippen LogP contribution in [0.2, 0.25) is 0 Å². The molecular weight excluding hydrogens is 176 g/mol. The van der Waals surface area contributed by atoms with Crippen LogP contribution in [0.25, 0.3) is 0 Å². The van der Waals surface area contributed by atoms with Gasteiger partial charge in [-0.3, -0.25) is 10.3 Å². The highest BCUT2D eigenvalue weighted by atomic mass is 16.5. The molecule has 1 unspecified atom stereocenters. The predicted molar refractivity (Wildman–Crippen MR) is 54.8 cm³/mol. The van der Waals surface area contributed by atoms with Crippen molar-refractivity contribution in [2.75, 3.05) is 6.61 Å². The molecule has 2 rings (SSSR count). The molecule has 1 aromatic heterocycles. The van der Waals surface area contributed by atoms with E-state index < -0.39 is 5.72 Å². The van der Waals surface area contributed by atoms with Crippen molar-refractivity contribution >= 4 is 0 Å². The smallest absolute Gasteiger partial charge is 0.159 e. The summed E-state index contributed by atoms with van der Waals surface area (Å²) in [7, 11) is 0. The van der Waals surface area contributed by atoms with Crippen LogP contribution in [0.15, 0.2) is 24.4 Å². The van der Waals surface area contributed by atoms with E-state index in [0.29, 0.717) is 6.61 Å². The first-order chi connectivity index (χ1) is 6.52. The van der Waals surface area contributed by atoms with E-state index in [9.17, 15) is 0 Å². The Hall–Kier alpha value is -0.930. The van der Waals surface area contributed by atoms with Crippen LogP contribution < -0.4 is 5.32 Å². The minimum Gasteiger partial charge on any atom is -0.353 e. The van der Waals surface area contributed by atoms with Crippen molar-refractivity contribution in [3.8, 4) is 0 Å². The molecule has 1 aliphatic rings. The lowest BCUT2D eigenvalue weighted by molar-refractivity contribution is -0.00143. The van der Waals surface area contributed by atoms with Crippen LogP contribution in [0.5, 0.6) is 0 Å². The van der Waals surface area contributed by atoms with Crippen LogP contribution in [0.4, 0.5) is 0 Å². The Morgan fingerprint density at radius 3 is 2.64 bits per heavy atom. The van der Waals surface area contributed by atoms with Gasteiger partial charge in [-0.1, -0.05) is 6.07 Å². The van der Waals surface area contributed by atoms with Gasteiger partial charge >= 0.3 is 0 Å². The van der Waals surface area contributed by atoms with Crippen molar-refractivity contribution in [1.29, 1.82) is 0 Å². The molecule has 1 N–H and O–H groups in total. The van der Waals surface area contributed by atoms with Crippen LogP contribution in [0.3, 0.4) is 0 Å². The summed E-state index contributed by atoms with van der Waals surface area (Å²) in [5.74, 6) is 0. The highest BCUT2D eigenvalue weighted by Gasteiger charge is 2.42. The Balaban J connectivity index is 2.27. The first-order valence-corrected chi connectivity index (χ1v) is 4.87.